The Morgan fingerprint density at radius 2 is 2.17 bits per heavy atom. The topological polar surface area (TPSA) is 50.8 Å². The van der Waals surface area contributed by atoms with E-state index in [2.05, 4.69) is 5.32 Å². The van der Waals surface area contributed by atoms with Gasteiger partial charge in [-0.1, -0.05) is 11.6 Å². The summed E-state index contributed by atoms with van der Waals surface area (Å²) in [7, 11) is 1.78. The van der Waals surface area contributed by atoms with E-state index < -0.39 is 0 Å². The summed E-state index contributed by atoms with van der Waals surface area (Å²) in [5.41, 5.74) is 0. The van der Waals surface area contributed by atoms with Crippen molar-refractivity contribution < 1.29 is 14.3 Å². The number of carbonyl (C=O) groups is 1. The minimum Gasteiger partial charge on any atom is -0.492 e. The van der Waals surface area contributed by atoms with Crippen LogP contribution in [0.5, 0.6) is 5.75 Å². The summed E-state index contributed by atoms with van der Waals surface area (Å²) in [4.78, 5) is 13.6. The first-order valence-corrected chi connectivity index (χ1v) is 7.97. The van der Waals surface area contributed by atoms with Gasteiger partial charge in [0, 0.05) is 25.2 Å². The lowest BCUT2D eigenvalue weighted by atomic mass is 10.2. The molecule has 0 bridgehead atoms. The van der Waals surface area contributed by atoms with Crippen LogP contribution in [-0.2, 0) is 9.53 Å². The molecule has 130 valence electrons. The molecule has 7 heteroatoms. The van der Waals surface area contributed by atoms with Gasteiger partial charge in [0.25, 0.3) is 0 Å². The Hall–Kier alpha value is -1.01. The molecule has 1 aromatic carbocycles. The van der Waals surface area contributed by atoms with Gasteiger partial charge < -0.3 is 19.7 Å². The van der Waals surface area contributed by atoms with Crippen LogP contribution in [0.15, 0.2) is 24.3 Å². The molecule has 0 spiro atoms. The third-order valence-corrected chi connectivity index (χ3v) is 3.86. The second kappa shape index (κ2) is 10.7. The molecular formula is C16H24Cl2N2O3. The highest BCUT2D eigenvalue weighted by Crippen LogP contribution is 2.15. The second-order valence-corrected chi connectivity index (χ2v) is 5.82. The van der Waals surface area contributed by atoms with Crippen LogP contribution >= 0.6 is 24.0 Å². The third kappa shape index (κ3) is 7.40. The molecular weight excluding hydrogens is 339 g/mol. The minimum atomic E-state index is 0. The Kier molecular flexibility index (Phi) is 9.33. The van der Waals surface area contributed by atoms with E-state index in [9.17, 15) is 4.79 Å². The predicted octanol–water partition coefficient (Wildman–Crippen LogP) is 2.37. The molecule has 1 saturated heterocycles. The molecule has 1 unspecified atom stereocenters. The molecule has 0 saturated carbocycles. The van der Waals surface area contributed by atoms with Gasteiger partial charge in [-0.05, 0) is 37.1 Å². The lowest BCUT2D eigenvalue weighted by Gasteiger charge is -2.18. The first-order valence-electron chi connectivity index (χ1n) is 7.60. The molecule has 1 fully saturated rings. The highest BCUT2D eigenvalue weighted by atomic mass is 35.5. The summed E-state index contributed by atoms with van der Waals surface area (Å²) in [6, 6.07) is 7.18. The number of nitrogens with zero attached hydrogens (tertiary/aromatic N) is 1. The van der Waals surface area contributed by atoms with Crippen LogP contribution in [0.2, 0.25) is 5.02 Å². The van der Waals surface area contributed by atoms with Gasteiger partial charge in [0.1, 0.15) is 12.4 Å². The number of hydrogen-bond acceptors (Lipinski definition) is 4. The summed E-state index contributed by atoms with van der Waals surface area (Å²) in [5.74, 6) is 0.805. The number of amides is 1. The highest BCUT2D eigenvalue weighted by Gasteiger charge is 2.15. The lowest BCUT2D eigenvalue weighted by molar-refractivity contribution is -0.129. The van der Waals surface area contributed by atoms with E-state index in [0.29, 0.717) is 24.7 Å². The highest BCUT2D eigenvalue weighted by molar-refractivity contribution is 6.30. The fourth-order valence-corrected chi connectivity index (χ4v) is 2.36. The van der Waals surface area contributed by atoms with Crippen molar-refractivity contribution in [2.24, 2.45) is 0 Å². The zero-order chi connectivity index (χ0) is 15.8. The van der Waals surface area contributed by atoms with Gasteiger partial charge in [-0.15, -0.1) is 12.4 Å². The molecule has 0 aromatic heterocycles. The molecule has 2 rings (SSSR count). The van der Waals surface area contributed by atoms with E-state index in [1.165, 1.54) is 0 Å². The lowest BCUT2D eigenvalue weighted by Crippen LogP contribution is -2.39. The van der Waals surface area contributed by atoms with Crippen molar-refractivity contribution in [1.82, 2.24) is 10.2 Å². The van der Waals surface area contributed by atoms with Gasteiger partial charge in [0.15, 0.2) is 0 Å². The zero-order valence-corrected chi connectivity index (χ0v) is 14.9. The molecule has 1 aliphatic rings. The molecule has 0 radical (unpaired) electrons. The van der Waals surface area contributed by atoms with E-state index in [-0.39, 0.29) is 24.4 Å². The van der Waals surface area contributed by atoms with Gasteiger partial charge >= 0.3 is 0 Å². The molecule has 1 aliphatic heterocycles. The van der Waals surface area contributed by atoms with Crippen molar-refractivity contribution in [3.05, 3.63) is 29.3 Å². The van der Waals surface area contributed by atoms with Crippen molar-refractivity contribution >= 4 is 29.9 Å². The van der Waals surface area contributed by atoms with Crippen LogP contribution < -0.4 is 10.1 Å². The summed E-state index contributed by atoms with van der Waals surface area (Å²) in [6.07, 6.45) is 2.44. The van der Waals surface area contributed by atoms with E-state index in [1.54, 1.807) is 24.1 Å². The number of nitrogens with one attached hydrogen (secondary N) is 1. The van der Waals surface area contributed by atoms with Crippen molar-refractivity contribution in [1.29, 1.82) is 0 Å². The number of ether oxygens (including phenoxy) is 2. The van der Waals surface area contributed by atoms with Gasteiger partial charge in [-0.25, -0.2) is 0 Å². The number of carbonyl (C=O) groups excluding carboxylic acids is 1. The van der Waals surface area contributed by atoms with Crippen molar-refractivity contribution in [3.63, 3.8) is 0 Å². The summed E-state index contributed by atoms with van der Waals surface area (Å²) < 4.78 is 11.1. The maximum absolute atomic E-state index is 12.0. The Morgan fingerprint density at radius 3 is 2.83 bits per heavy atom. The predicted molar refractivity (Wildman–Crippen MR) is 93.7 cm³/mol. The quantitative estimate of drug-likeness (QED) is 0.771. The third-order valence-electron chi connectivity index (χ3n) is 3.61. The SMILES string of the molecule is CN(CCOc1ccc(Cl)cc1)C(=O)CNCC1CCCO1.Cl. The second-order valence-electron chi connectivity index (χ2n) is 5.38. The fraction of sp³-hybridized carbons (Fsp3) is 0.562. The fourth-order valence-electron chi connectivity index (χ4n) is 2.24. The Balaban J connectivity index is 0.00000264. The average molecular weight is 363 g/mol. The van der Waals surface area contributed by atoms with Gasteiger partial charge in [-0.3, -0.25) is 4.79 Å². The van der Waals surface area contributed by atoms with E-state index in [4.69, 9.17) is 21.1 Å². The zero-order valence-electron chi connectivity index (χ0n) is 13.3. The van der Waals surface area contributed by atoms with E-state index in [1.807, 2.05) is 12.1 Å². The van der Waals surface area contributed by atoms with Crippen molar-refractivity contribution in [3.8, 4) is 5.75 Å². The van der Waals surface area contributed by atoms with E-state index in [0.717, 1.165) is 31.7 Å². The summed E-state index contributed by atoms with van der Waals surface area (Å²) >= 11 is 5.81. The Morgan fingerprint density at radius 1 is 1.43 bits per heavy atom. The standard InChI is InChI=1S/C16H23ClN2O3.ClH/c1-19(8-10-22-14-6-4-13(17)5-7-14)16(20)12-18-11-15-3-2-9-21-15;/h4-7,15,18H,2-3,8-12H2,1H3;1H. The molecule has 1 heterocycles. The number of likely N-dealkylation sites (N-methyl/N-ethyl adjacent to an activating group) is 1. The number of halogens is 2. The first kappa shape index (κ1) is 20.0. The van der Waals surface area contributed by atoms with Crippen molar-refractivity contribution in [2.75, 3.05) is 39.9 Å². The Labute approximate surface area is 148 Å². The maximum Gasteiger partial charge on any atom is 0.236 e. The molecule has 1 amide bonds. The average Bonchev–Trinajstić information content (AvgIpc) is 3.02. The summed E-state index contributed by atoms with van der Waals surface area (Å²) in [6.45, 7) is 2.90. The molecule has 1 atom stereocenters. The van der Waals surface area contributed by atoms with Crippen LogP contribution in [0.1, 0.15) is 12.8 Å². The van der Waals surface area contributed by atoms with Crippen LogP contribution in [0, 0.1) is 0 Å². The number of benzene rings is 1. The monoisotopic (exact) mass is 362 g/mol. The minimum absolute atomic E-state index is 0. The number of rotatable bonds is 8. The smallest absolute Gasteiger partial charge is 0.236 e. The molecule has 5 nitrogen and oxygen atoms in total. The van der Waals surface area contributed by atoms with Gasteiger partial charge in [0.2, 0.25) is 5.91 Å². The normalized spacial score (nSPS) is 16.7. The molecule has 1 aromatic rings. The van der Waals surface area contributed by atoms with Crippen molar-refractivity contribution in [2.45, 2.75) is 18.9 Å². The van der Waals surface area contributed by atoms with Crippen LogP contribution in [-0.4, -0.2) is 56.8 Å². The molecule has 1 N–H and O–H groups in total. The van der Waals surface area contributed by atoms with Gasteiger partial charge in [-0.2, -0.15) is 0 Å². The van der Waals surface area contributed by atoms with Crippen LogP contribution in [0.4, 0.5) is 0 Å². The summed E-state index contributed by atoms with van der Waals surface area (Å²) in [5, 5.41) is 3.83. The molecule has 23 heavy (non-hydrogen) atoms. The first-order chi connectivity index (χ1) is 10.6. The van der Waals surface area contributed by atoms with Gasteiger partial charge in [0.05, 0.1) is 19.2 Å². The molecule has 0 aliphatic carbocycles. The van der Waals surface area contributed by atoms with Crippen LogP contribution in [0.3, 0.4) is 0 Å². The maximum atomic E-state index is 12.0. The largest absolute Gasteiger partial charge is 0.492 e. The Bertz CT molecular complexity index is 465. The number of hydrogen-bond donors (Lipinski definition) is 1. The van der Waals surface area contributed by atoms with E-state index >= 15 is 0 Å². The van der Waals surface area contributed by atoms with Crippen LogP contribution in [0.25, 0.3) is 0 Å².